The van der Waals surface area contributed by atoms with E-state index >= 15 is 0 Å². The van der Waals surface area contributed by atoms with Crippen molar-refractivity contribution in [2.45, 2.75) is 6.54 Å². The molecule has 0 aliphatic carbocycles. The van der Waals surface area contributed by atoms with Gasteiger partial charge >= 0.3 is 0 Å². The summed E-state index contributed by atoms with van der Waals surface area (Å²) < 4.78 is 16.0. The maximum Gasteiger partial charge on any atom is 0.162 e. The number of nitrogens with one attached hydrogen (secondary N) is 1. The summed E-state index contributed by atoms with van der Waals surface area (Å²) in [5, 5.41) is 1.05. The van der Waals surface area contributed by atoms with Gasteiger partial charge in [0.25, 0.3) is 0 Å². The van der Waals surface area contributed by atoms with E-state index in [-0.39, 0.29) is 12.4 Å². The van der Waals surface area contributed by atoms with E-state index in [1.54, 1.807) is 21.3 Å². The number of aromatic amines is 1. The third-order valence-electron chi connectivity index (χ3n) is 3.96. The number of fused-ring (bicyclic) bond motifs is 1. The lowest BCUT2D eigenvalue weighted by Crippen LogP contribution is -1.98. The molecular formula is C18H21ClN2O3. The lowest BCUT2D eigenvalue weighted by atomic mass is 10.0. The molecule has 2 aromatic carbocycles. The molecule has 0 fully saturated rings. The van der Waals surface area contributed by atoms with Gasteiger partial charge in [-0.15, -0.1) is 12.4 Å². The van der Waals surface area contributed by atoms with Crippen molar-refractivity contribution >= 4 is 23.3 Å². The maximum atomic E-state index is 5.93. The number of halogens is 1. The summed E-state index contributed by atoms with van der Waals surface area (Å²) in [5.41, 5.74) is 10.0. The number of hydrogen-bond acceptors (Lipinski definition) is 4. The second-order valence-corrected chi connectivity index (χ2v) is 5.16. The van der Waals surface area contributed by atoms with E-state index in [1.807, 2.05) is 36.4 Å². The second-order valence-electron chi connectivity index (χ2n) is 5.16. The Balaban J connectivity index is 0.00000208. The van der Waals surface area contributed by atoms with Crippen LogP contribution < -0.4 is 19.9 Å². The highest BCUT2D eigenvalue weighted by Gasteiger charge is 2.16. The first-order valence-electron chi connectivity index (χ1n) is 7.32. The number of aromatic nitrogens is 1. The molecule has 0 bridgehead atoms. The van der Waals surface area contributed by atoms with Crippen molar-refractivity contribution < 1.29 is 14.2 Å². The highest BCUT2D eigenvalue weighted by Crippen LogP contribution is 2.39. The predicted molar refractivity (Wildman–Crippen MR) is 98.5 cm³/mol. The second kappa shape index (κ2) is 7.47. The van der Waals surface area contributed by atoms with Gasteiger partial charge in [0.05, 0.1) is 26.8 Å². The number of methoxy groups -OCH3 is 3. The van der Waals surface area contributed by atoms with Crippen LogP contribution in [0.4, 0.5) is 0 Å². The molecule has 3 rings (SSSR count). The van der Waals surface area contributed by atoms with Crippen LogP contribution in [0.25, 0.3) is 22.0 Å². The van der Waals surface area contributed by atoms with Gasteiger partial charge in [-0.25, -0.2) is 0 Å². The summed E-state index contributed by atoms with van der Waals surface area (Å²) in [6.45, 7) is 0.417. The van der Waals surface area contributed by atoms with E-state index in [2.05, 4.69) is 4.98 Å². The van der Waals surface area contributed by atoms with Crippen LogP contribution in [-0.4, -0.2) is 26.3 Å². The Morgan fingerprint density at radius 3 is 2.08 bits per heavy atom. The zero-order chi connectivity index (χ0) is 16.4. The van der Waals surface area contributed by atoms with Gasteiger partial charge in [-0.2, -0.15) is 0 Å². The molecule has 0 aliphatic rings. The molecule has 0 unspecified atom stereocenters. The molecule has 24 heavy (non-hydrogen) atoms. The molecule has 3 N–H and O–H groups in total. The number of nitrogens with two attached hydrogens (primary N) is 1. The third kappa shape index (κ3) is 3.00. The van der Waals surface area contributed by atoms with Crippen molar-refractivity contribution in [1.29, 1.82) is 0 Å². The Morgan fingerprint density at radius 2 is 1.54 bits per heavy atom. The average Bonchev–Trinajstić information content (AvgIpc) is 2.97. The van der Waals surface area contributed by atoms with E-state index in [0.29, 0.717) is 18.0 Å². The Labute approximate surface area is 147 Å². The van der Waals surface area contributed by atoms with Gasteiger partial charge in [0.2, 0.25) is 0 Å². The van der Waals surface area contributed by atoms with Crippen LogP contribution in [0.5, 0.6) is 17.2 Å². The lowest BCUT2D eigenvalue weighted by molar-refractivity contribution is 0.356. The largest absolute Gasteiger partial charge is 0.497 e. The molecular weight excluding hydrogens is 328 g/mol. The molecule has 0 saturated carbocycles. The normalized spacial score (nSPS) is 10.3. The van der Waals surface area contributed by atoms with Gasteiger partial charge in [0.1, 0.15) is 5.75 Å². The molecule has 5 nitrogen and oxygen atoms in total. The fourth-order valence-corrected chi connectivity index (χ4v) is 2.82. The Hall–Kier alpha value is -2.37. The van der Waals surface area contributed by atoms with Crippen LogP contribution in [0.15, 0.2) is 36.4 Å². The van der Waals surface area contributed by atoms with Gasteiger partial charge in [-0.3, -0.25) is 0 Å². The molecule has 128 valence electrons. The van der Waals surface area contributed by atoms with Gasteiger partial charge in [-0.1, -0.05) is 12.1 Å². The molecule has 1 aromatic heterocycles. The third-order valence-corrected chi connectivity index (χ3v) is 3.96. The summed E-state index contributed by atoms with van der Waals surface area (Å²) in [5.74, 6) is 2.20. The van der Waals surface area contributed by atoms with Gasteiger partial charge in [0.15, 0.2) is 11.5 Å². The molecule has 1 heterocycles. The van der Waals surface area contributed by atoms with Crippen molar-refractivity contribution in [3.05, 3.63) is 42.1 Å². The zero-order valence-corrected chi connectivity index (χ0v) is 14.7. The minimum atomic E-state index is 0. The number of hydrogen-bond donors (Lipinski definition) is 2. The van der Waals surface area contributed by atoms with E-state index in [9.17, 15) is 0 Å². The van der Waals surface area contributed by atoms with Crippen LogP contribution in [-0.2, 0) is 6.54 Å². The summed E-state index contributed by atoms with van der Waals surface area (Å²) in [6, 6.07) is 11.8. The Bertz CT molecular complexity index is 828. The van der Waals surface area contributed by atoms with Crippen LogP contribution in [0.1, 0.15) is 5.69 Å². The molecule has 0 aliphatic heterocycles. The number of ether oxygens (including phenoxy) is 3. The van der Waals surface area contributed by atoms with Crippen LogP contribution in [0, 0.1) is 0 Å². The van der Waals surface area contributed by atoms with E-state index < -0.39 is 0 Å². The van der Waals surface area contributed by atoms with Gasteiger partial charge in [0, 0.05) is 29.3 Å². The van der Waals surface area contributed by atoms with Crippen molar-refractivity contribution in [1.82, 2.24) is 4.98 Å². The fourth-order valence-electron chi connectivity index (χ4n) is 2.82. The van der Waals surface area contributed by atoms with Crippen molar-refractivity contribution in [2.75, 3.05) is 21.3 Å². The Morgan fingerprint density at radius 1 is 0.917 bits per heavy atom. The quantitative estimate of drug-likeness (QED) is 0.737. The smallest absolute Gasteiger partial charge is 0.162 e. The number of benzene rings is 2. The standard InChI is InChI=1S/C18H20N2O3.ClH/c1-21-12-6-4-11(5-7-12)18-13-8-16(22-2)17(23-3)9-14(13)20-15(18)10-19;/h4-9,20H,10,19H2,1-3H3;1H. The monoisotopic (exact) mass is 348 g/mol. The highest BCUT2D eigenvalue weighted by molar-refractivity contribution is 5.99. The first-order chi connectivity index (χ1) is 11.2. The molecule has 0 saturated heterocycles. The highest BCUT2D eigenvalue weighted by atomic mass is 35.5. The SMILES string of the molecule is COc1ccc(-c2c(CN)[nH]c3cc(OC)c(OC)cc23)cc1.Cl. The van der Waals surface area contributed by atoms with E-state index in [1.165, 1.54) is 0 Å². The Kier molecular flexibility index (Phi) is 5.59. The fraction of sp³-hybridized carbons (Fsp3) is 0.222. The summed E-state index contributed by atoms with van der Waals surface area (Å²) in [6.07, 6.45) is 0. The minimum absolute atomic E-state index is 0. The van der Waals surface area contributed by atoms with Crippen molar-refractivity contribution in [3.8, 4) is 28.4 Å². The molecule has 0 radical (unpaired) electrons. The predicted octanol–water partition coefficient (Wildman–Crippen LogP) is 3.74. The average molecular weight is 349 g/mol. The maximum absolute atomic E-state index is 5.93. The van der Waals surface area contributed by atoms with Gasteiger partial charge in [-0.05, 0) is 23.8 Å². The van der Waals surface area contributed by atoms with Crippen molar-refractivity contribution in [2.24, 2.45) is 5.73 Å². The molecule has 0 spiro atoms. The van der Waals surface area contributed by atoms with Crippen LogP contribution in [0.2, 0.25) is 0 Å². The summed E-state index contributed by atoms with van der Waals surface area (Å²) in [4.78, 5) is 3.38. The molecule has 0 atom stereocenters. The van der Waals surface area contributed by atoms with E-state index in [0.717, 1.165) is 33.5 Å². The van der Waals surface area contributed by atoms with Crippen LogP contribution >= 0.6 is 12.4 Å². The van der Waals surface area contributed by atoms with Crippen molar-refractivity contribution in [3.63, 3.8) is 0 Å². The van der Waals surface area contributed by atoms with E-state index in [4.69, 9.17) is 19.9 Å². The molecule has 3 aromatic rings. The zero-order valence-electron chi connectivity index (χ0n) is 13.9. The first kappa shape index (κ1) is 18.0. The summed E-state index contributed by atoms with van der Waals surface area (Å²) in [7, 11) is 4.91. The first-order valence-corrected chi connectivity index (χ1v) is 7.32. The summed E-state index contributed by atoms with van der Waals surface area (Å²) >= 11 is 0. The molecule has 6 heteroatoms. The molecule has 0 amide bonds. The lowest BCUT2D eigenvalue weighted by Gasteiger charge is -2.09. The van der Waals surface area contributed by atoms with Gasteiger partial charge < -0.3 is 24.9 Å². The number of H-pyrrole nitrogens is 1. The minimum Gasteiger partial charge on any atom is -0.497 e. The topological polar surface area (TPSA) is 69.5 Å². The number of rotatable bonds is 5. The van der Waals surface area contributed by atoms with Crippen LogP contribution in [0.3, 0.4) is 0 Å².